The summed E-state index contributed by atoms with van der Waals surface area (Å²) in [5, 5.41) is 22.3. The van der Waals surface area contributed by atoms with Crippen LogP contribution < -0.4 is 15.1 Å². The maximum absolute atomic E-state index is 15.1. The summed E-state index contributed by atoms with van der Waals surface area (Å²) in [7, 11) is 0. The maximum Gasteiger partial charge on any atom is 0.407 e. The fourth-order valence-electron chi connectivity index (χ4n) is 3.94. The molecule has 1 atom stereocenters. The second-order valence-electron chi connectivity index (χ2n) is 9.09. The van der Waals surface area contributed by atoms with Crippen LogP contribution in [0.25, 0.3) is 0 Å². The van der Waals surface area contributed by atoms with Crippen molar-refractivity contribution in [2.24, 2.45) is 0 Å². The van der Waals surface area contributed by atoms with E-state index in [1.807, 2.05) is 6.07 Å². The van der Waals surface area contributed by atoms with Crippen molar-refractivity contribution >= 4 is 29.3 Å². The SMILES string of the molecule is CC(=O)N(c1c(C(=O)O)cc(F)c(N2CC[C@H](NC(=O)OC(C)(C)C)C2)c1C#N)C1CC1. The van der Waals surface area contributed by atoms with Crippen LogP contribution in [0.4, 0.5) is 20.6 Å². The van der Waals surface area contributed by atoms with Crippen LogP contribution in [-0.2, 0) is 9.53 Å². The highest BCUT2D eigenvalue weighted by Crippen LogP contribution is 2.41. The van der Waals surface area contributed by atoms with Crippen molar-refractivity contribution in [3.63, 3.8) is 0 Å². The van der Waals surface area contributed by atoms with E-state index in [1.54, 1.807) is 25.7 Å². The lowest BCUT2D eigenvalue weighted by Gasteiger charge is -2.28. The largest absolute Gasteiger partial charge is 0.478 e. The first kappa shape index (κ1) is 23.3. The quantitative estimate of drug-likeness (QED) is 0.713. The topological polar surface area (TPSA) is 123 Å². The van der Waals surface area contributed by atoms with Gasteiger partial charge in [0.15, 0.2) is 0 Å². The lowest BCUT2D eigenvalue weighted by molar-refractivity contribution is -0.116. The van der Waals surface area contributed by atoms with Crippen molar-refractivity contribution in [3.05, 3.63) is 23.0 Å². The Hall–Kier alpha value is -3.35. The average Bonchev–Trinajstić information content (AvgIpc) is 3.38. The van der Waals surface area contributed by atoms with E-state index in [9.17, 15) is 24.8 Å². The van der Waals surface area contributed by atoms with Gasteiger partial charge in [-0.2, -0.15) is 5.26 Å². The van der Waals surface area contributed by atoms with Crippen LogP contribution in [0.3, 0.4) is 0 Å². The molecule has 9 nitrogen and oxygen atoms in total. The standard InChI is InChI=1S/C22H27FN4O5/c1-12(28)27(14-5-6-14)18-15(20(29)30)9-17(23)19(16(18)10-24)26-8-7-13(11-26)25-21(31)32-22(2,3)4/h9,13-14H,5-8,11H2,1-4H3,(H,25,31)(H,29,30)/t13-/m0/s1. The van der Waals surface area contributed by atoms with Crippen molar-refractivity contribution in [2.75, 3.05) is 22.9 Å². The maximum atomic E-state index is 15.1. The van der Waals surface area contributed by atoms with Gasteiger partial charge in [0.25, 0.3) is 0 Å². The van der Waals surface area contributed by atoms with Crippen LogP contribution in [0.2, 0.25) is 0 Å². The summed E-state index contributed by atoms with van der Waals surface area (Å²) in [5.41, 5.74) is -1.42. The van der Waals surface area contributed by atoms with Crippen molar-refractivity contribution in [3.8, 4) is 6.07 Å². The van der Waals surface area contributed by atoms with E-state index in [1.165, 1.54) is 11.8 Å². The molecule has 1 aromatic carbocycles. The number of carboxylic acids is 1. The lowest BCUT2D eigenvalue weighted by atomic mass is 10.0. The number of amides is 2. The van der Waals surface area contributed by atoms with E-state index in [-0.39, 0.29) is 35.6 Å². The molecular formula is C22H27FN4O5. The number of carbonyl (C=O) groups excluding carboxylic acids is 2. The molecule has 1 aliphatic heterocycles. The van der Waals surface area contributed by atoms with Gasteiger partial charge in [-0.25, -0.2) is 14.0 Å². The van der Waals surface area contributed by atoms with Gasteiger partial charge in [0, 0.05) is 26.1 Å². The van der Waals surface area contributed by atoms with Crippen molar-refractivity contribution in [1.82, 2.24) is 5.32 Å². The minimum absolute atomic E-state index is 0.0621. The number of ether oxygens (including phenoxy) is 1. The monoisotopic (exact) mass is 446 g/mol. The predicted octanol–water partition coefficient (Wildman–Crippen LogP) is 3.01. The molecule has 1 aromatic rings. The summed E-state index contributed by atoms with van der Waals surface area (Å²) >= 11 is 0. The summed E-state index contributed by atoms with van der Waals surface area (Å²) in [4.78, 5) is 39.1. The molecule has 0 spiro atoms. The molecule has 0 unspecified atom stereocenters. The Morgan fingerprint density at radius 3 is 2.47 bits per heavy atom. The Labute approximate surface area is 185 Å². The minimum atomic E-state index is -1.42. The van der Waals surface area contributed by atoms with E-state index in [4.69, 9.17) is 4.74 Å². The number of anilines is 2. The fourth-order valence-corrected chi connectivity index (χ4v) is 3.94. The van der Waals surface area contributed by atoms with Crippen LogP contribution in [0, 0.1) is 17.1 Å². The molecule has 2 amide bonds. The van der Waals surface area contributed by atoms with Crippen LogP contribution in [0.15, 0.2) is 6.07 Å². The highest BCUT2D eigenvalue weighted by atomic mass is 19.1. The summed E-state index contributed by atoms with van der Waals surface area (Å²) in [6.45, 7) is 7.07. The zero-order valence-corrected chi connectivity index (χ0v) is 18.6. The molecule has 1 aliphatic carbocycles. The number of hydrogen-bond acceptors (Lipinski definition) is 6. The number of benzene rings is 1. The van der Waals surface area contributed by atoms with Gasteiger partial charge >= 0.3 is 12.1 Å². The molecule has 0 radical (unpaired) electrons. The molecule has 32 heavy (non-hydrogen) atoms. The zero-order valence-electron chi connectivity index (χ0n) is 18.6. The third-order valence-corrected chi connectivity index (χ3v) is 5.29. The van der Waals surface area contributed by atoms with Crippen LogP contribution in [-0.4, -0.2) is 53.9 Å². The molecule has 3 rings (SSSR count). The van der Waals surface area contributed by atoms with E-state index < -0.39 is 35.0 Å². The molecule has 1 heterocycles. The predicted molar refractivity (Wildman–Crippen MR) is 114 cm³/mol. The van der Waals surface area contributed by atoms with Gasteiger partial charge in [-0.15, -0.1) is 0 Å². The Morgan fingerprint density at radius 1 is 1.31 bits per heavy atom. The van der Waals surface area contributed by atoms with Crippen molar-refractivity contribution < 1.29 is 28.6 Å². The molecule has 10 heteroatoms. The van der Waals surface area contributed by atoms with Gasteiger partial charge in [-0.1, -0.05) is 0 Å². The normalized spacial score (nSPS) is 18.1. The molecular weight excluding hydrogens is 419 g/mol. The average molecular weight is 446 g/mol. The van der Waals surface area contributed by atoms with E-state index in [0.717, 1.165) is 6.07 Å². The number of nitrogens with zero attached hydrogens (tertiary/aromatic N) is 3. The van der Waals surface area contributed by atoms with Crippen LogP contribution in [0.5, 0.6) is 0 Å². The number of rotatable bonds is 5. The van der Waals surface area contributed by atoms with Gasteiger partial charge in [-0.3, -0.25) is 4.79 Å². The Balaban J connectivity index is 1.96. The summed E-state index contributed by atoms with van der Waals surface area (Å²) in [6, 6.07) is 2.24. The molecule has 1 saturated heterocycles. The van der Waals surface area contributed by atoms with Gasteiger partial charge < -0.3 is 25.0 Å². The van der Waals surface area contributed by atoms with Gasteiger partial charge in [-0.05, 0) is 46.1 Å². The molecule has 172 valence electrons. The lowest BCUT2D eigenvalue weighted by Crippen LogP contribution is -2.40. The van der Waals surface area contributed by atoms with Gasteiger partial charge in [0.05, 0.1) is 23.0 Å². The number of alkyl carbamates (subject to hydrolysis) is 1. The second-order valence-corrected chi connectivity index (χ2v) is 9.09. The molecule has 2 N–H and O–H groups in total. The third kappa shape index (κ3) is 4.93. The Bertz CT molecular complexity index is 994. The molecule has 0 bridgehead atoms. The van der Waals surface area contributed by atoms with Crippen LogP contribution >= 0.6 is 0 Å². The van der Waals surface area contributed by atoms with Crippen molar-refractivity contribution in [2.45, 2.75) is 64.6 Å². The van der Waals surface area contributed by atoms with E-state index in [0.29, 0.717) is 25.8 Å². The molecule has 2 fully saturated rings. The van der Waals surface area contributed by atoms with Crippen molar-refractivity contribution in [1.29, 1.82) is 5.26 Å². The van der Waals surface area contributed by atoms with E-state index >= 15 is 4.39 Å². The summed E-state index contributed by atoms with van der Waals surface area (Å²) in [6.07, 6.45) is 1.26. The third-order valence-electron chi connectivity index (χ3n) is 5.29. The number of aromatic carboxylic acids is 1. The summed E-state index contributed by atoms with van der Waals surface area (Å²) < 4.78 is 20.4. The molecule has 2 aliphatic rings. The highest BCUT2D eigenvalue weighted by molar-refractivity contribution is 6.05. The van der Waals surface area contributed by atoms with E-state index in [2.05, 4.69) is 5.32 Å². The zero-order chi connectivity index (χ0) is 23.8. The highest BCUT2D eigenvalue weighted by Gasteiger charge is 2.39. The van der Waals surface area contributed by atoms with Gasteiger partial charge in [0.1, 0.15) is 23.1 Å². The first-order chi connectivity index (χ1) is 14.9. The summed E-state index contributed by atoms with van der Waals surface area (Å²) in [5.74, 6) is -2.69. The Kier molecular flexibility index (Phi) is 6.30. The Morgan fingerprint density at radius 2 is 1.97 bits per heavy atom. The first-order valence-corrected chi connectivity index (χ1v) is 10.5. The minimum Gasteiger partial charge on any atom is -0.478 e. The number of nitriles is 1. The first-order valence-electron chi connectivity index (χ1n) is 10.5. The van der Waals surface area contributed by atoms with Crippen LogP contribution in [0.1, 0.15) is 62.9 Å². The fraction of sp³-hybridized carbons (Fsp3) is 0.545. The molecule has 0 aromatic heterocycles. The number of hydrogen-bond donors (Lipinski definition) is 2. The van der Waals surface area contributed by atoms with Gasteiger partial charge in [0.2, 0.25) is 5.91 Å². The number of carboxylic acid groups (broad SMARTS) is 1. The number of carbonyl (C=O) groups is 3. The number of nitrogens with one attached hydrogen (secondary N) is 1. The molecule has 1 saturated carbocycles. The second kappa shape index (κ2) is 8.65. The number of halogens is 1. The smallest absolute Gasteiger partial charge is 0.407 e.